The zero-order valence-corrected chi connectivity index (χ0v) is 13.3. The van der Waals surface area contributed by atoms with E-state index in [0.717, 1.165) is 0 Å². The van der Waals surface area contributed by atoms with Crippen molar-refractivity contribution in [1.82, 2.24) is 9.97 Å². The van der Waals surface area contributed by atoms with Crippen molar-refractivity contribution in [1.29, 1.82) is 0 Å². The number of nitro groups is 1. The lowest BCUT2D eigenvalue weighted by Gasteiger charge is -2.20. The van der Waals surface area contributed by atoms with Gasteiger partial charge in [0.15, 0.2) is 0 Å². The van der Waals surface area contributed by atoms with Gasteiger partial charge in [-0.05, 0) is 38.1 Å². The number of nitrogens with one attached hydrogen (secondary N) is 1. The zero-order chi connectivity index (χ0) is 17.7. The molecule has 2 N–H and O–H groups in total. The predicted octanol–water partition coefficient (Wildman–Crippen LogP) is 2.67. The fourth-order valence-electron chi connectivity index (χ4n) is 2.22. The first-order valence-electron chi connectivity index (χ1n) is 7.32. The minimum absolute atomic E-state index is 0.0555. The highest BCUT2D eigenvalue weighted by Crippen LogP contribution is 2.33. The number of carbonyl (C=O) groups is 1. The summed E-state index contributed by atoms with van der Waals surface area (Å²) in [4.78, 5) is 31.6. The summed E-state index contributed by atoms with van der Waals surface area (Å²) in [6.07, 6.45) is 1.26. The Hall–Kier alpha value is -3.23. The molecule has 1 aromatic carbocycles. The molecular weight excluding hydrogens is 314 g/mol. The van der Waals surface area contributed by atoms with Gasteiger partial charge in [-0.1, -0.05) is 0 Å². The van der Waals surface area contributed by atoms with Crippen LogP contribution in [-0.4, -0.2) is 39.1 Å². The molecule has 9 nitrogen and oxygen atoms in total. The van der Waals surface area contributed by atoms with Crippen LogP contribution in [-0.2, 0) is 0 Å². The van der Waals surface area contributed by atoms with Gasteiger partial charge in [0.25, 0.3) is 0 Å². The van der Waals surface area contributed by atoms with Gasteiger partial charge in [-0.3, -0.25) is 10.1 Å². The van der Waals surface area contributed by atoms with E-state index in [0.29, 0.717) is 18.8 Å². The average molecular weight is 331 g/mol. The van der Waals surface area contributed by atoms with Crippen LogP contribution in [0.1, 0.15) is 24.2 Å². The summed E-state index contributed by atoms with van der Waals surface area (Å²) >= 11 is 0. The first-order chi connectivity index (χ1) is 11.5. The van der Waals surface area contributed by atoms with Gasteiger partial charge in [0.05, 0.1) is 10.5 Å². The van der Waals surface area contributed by atoms with Crippen molar-refractivity contribution < 1.29 is 14.8 Å². The predicted molar refractivity (Wildman–Crippen MR) is 88.9 cm³/mol. The summed E-state index contributed by atoms with van der Waals surface area (Å²) in [7, 11) is 0. The molecule has 1 aromatic heterocycles. The van der Waals surface area contributed by atoms with Crippen LogP contribution < -0.4 is 10.2 Å². The van der Waals surface area contributed by atoms with Crippen LogP contribution in [0.15, 0.2) is 30.6 Å². The molecule has 1 heterocycles. The van der Waals surface area contributed by atoms with E-state index in [2.05, 4.69) is 15.3 Å². The normalized spacial score (nSPS) is 10.2. The Bertz CT molecular complexity index is 744. The Labute approximate surface area is 138 Å². The Kier molecular flexibility index (Phi) is 5.25. The molecule has 2 aromatic rings. The Morgan fingerprint density at radius 3 is 2.38 bits per heavy atom. The third-order valence-corrected chi connectivity index (χ3v) is 3.44. The molecule has 126 valence electrons. The van der Waals surface area contributed by atoms with Gasteiger partial charge in [0, 0.05) is 18.8 Å². The summed E-state index contributed by atoms with van der Waals surface area (Å²) in [5.41, 5.74) is 0.400. The van der Waals surface area contributed by atoms with Crippen molar-refractivity contribution in [2.75, 3.05) is 23.3 Å². The average Bonchev–Trinajstić information content (AvgIpc) is 2.56. The lowest BCUT2D eigenvalue weighted by atomic mass is 10.2. The van der Waals surface area contributed by atoms with Crippen LogP contribution in [0.3, 0.4) is 0 Å². The number of anilines is 3. The molecule has 0 spiro atoms. The number of carboxylic acid groups (broad SMARTS) is 1. The fourth-order valence-corrected chi connectivity index (χ4v) is 2.22. The molecule has 0 bridgehead atoms. The SMILES string of the molecule is CCN(CC)c1ncnc(Nc2ccc(C(=O)O)cc2)c1[N+](=O)[O-]. The second-order valence-corrected chi connectivity index (χ2v) is 4.83. The minimum atomic E-state index is -1.04. The minimum Gasteiger partial charge on any atom is -0.478 e. The first-order valence-corrected chi connectivity index (χ1v) is 7.32. The molecule has 0 atom stereocenters. The summed E-state index contributed by atoms with van der Waals surface area (Å²) in [6.45, 7) is 4.91. The zero-order valence-electron chi connectivity index (χ0n) is 13.3. The highest BCUT2D eigenvalue weighted by atomic mass is 16.6. The Balaban J connectivity index is 2.41. The highest BCUT2D eigenvalue weighted by Gasteiger charge is 2.26. The number of aromatic carboxylic acids is 1. The van der Waals surface area contributed by atoms with Crippen molar-refractivity contribution in [3.8, 4) is 0 Å². The van der Waals surface area contributed by atoms with Crippen molar-refractivity contribution >= 4 is 29.0 Å². The van der Waals surface area contributed by atoms with Gasteiger partial charge >= 0.3 is 11.7 Å². The largest absolute Gasteiger partial charge is 0.478 e. The smallest absolute Gasteiger partial charge is 0.353 e. The van der Waals surface area contributed by atoms with Crippen LogP contribution in [0.4, 0.5) is 23.0 Å². The van der Waals surface area contributed by atoms with E-state index < -0.39 is 10.9 Å². The van der Waals surface area contributed by atoms with Crippen LogP contribution in [0.2, 0.25) is 0 Å². The molecule has 0 fully saturated rings. The van der Waals surface area contributed by atoms with Crippen LogP contribution in [0, 0.1) is 10.1 Å². The molecule has 9 heteroatoms. The lowest BCUT2D eigenvalue weighted by molar-refractivity contribution is -0.383. The topological polar surface area (TPSA) is 121 Å². The molecule has 2 rings (SSSR count). The van der Waals surface area contributed by atoms with Gasteiger partial charge in [0.2, 0.25) is 11.6 Å². The highest BCUT2D eigenvalue weighted by molar-refractivity contribution is 5.88. The van der Waals surface area contributed by atoms with Crippen LogP contribution in [0.5, 0.6) is 0 Å². The molecule has 0 aliphatic carbocycles. The Morgan fingerprint density at radius 2 is 1.88 bits per heavy atom. The third kappa shape index (κ3) is 3.57. The van der Waals surface area contributed by atoms with E-state index in [1.165, 1.54) is 30.6 Å². The molecule has 0 saturated heterocycles. The maximum absolute atomic E-state index is 11.5. The molecule has 0 aliphatic rings. The van der Waals surface area contributed by atoms with Crippen molar-refractivity contribution in [3.05, 3.63) is 46.3 Å². The number of aromatic nitrogens is 2. The maximum Gasteiger partial charge on any atom is 0.353 e. The molecule has 0 unspecified atom stereocenters. The lowest BCUT2D eigenvalue weighted by Crippen LogP contribution is -2.24. The number of hydrogen-bond donors (Lipinski definition) is 2. The number of rotatable bonds is 7. The van der Waals surface area contributed by atoms with E-state index >= 15 is 0 Å². The quantitative estimate of drug-likeness (QED) is 0.586. The van der Waals surface area contributed by atoms with Gasteiger partial charge in [-0.25, -0.2) is 14.8 Å². The molecule has 24 heavy (non-hydrogen) atoms. The standard InChI is InChI=1S/C15H17N5O4/c1-3-19(4-2)14-12(20(23)24)13(16-9-17-14)18-11-7-5-10(6-8-11)15(21)22/h5-9H,3-4H2,1-2H3,(H,21,22)(H,16,17,18). The van der Waals surface area contributed by atoms with Gasteiger partial charge in [-0.2, -0.15) is 0 Å². The molecule has 0 amide bonds. The summed E-state index contributed by atoms with van der Waals surface area (Å²) < 4.78 is 0. The molecule has 0 saturated carbocycles. The van der Waals surface area contributed by atoms with Gasteiger partial charge < -0.3 is 15.3 Å². The van der Waals surface area contributed by atoms with Crippen LogP contribution in [0.25, 0.3) is 0 Å². The summed E-state index contributed by atoms with van der Waals surface area (Å²) in [6, 6.07) is 5.85. The number of benzene rings is 1. The van der Waals surface area contributed by atoms with E-state index in [9.17, 15) is 14.9 Å². The van der Waals surface area contributed by atoms with Crippen LogP contribution >= 0.6 is 0 Å². The molecule has 0 aliphatic heterocycles. The van der Waals surface area contributed by atoms with Gasteiger partial charge in [0.1, 0.15) is 6.33 Å². The van der Waals surface area contributed by atoms with Crippen molar-refractivity contribution in [3.63, 3.8) is 0 Å². The Morgan fingerprint density at radius 1 is 1.25 bits per heavy atom. The van der Waals surface area contributed by atoms with E-state index in [1.54, 1.807) is 4.90 Å². The first kappa shape index (κ1) is 17.1. The second-order valence-electron chi connectivity index (χ2n) is 4.83. The second kappa shape index (κ2) is 7.36. The summed E-state index contributed by atoms with van der Waals surface area (Å²) in [5.74, 6) is -0.747. The van der Waals surface area contributed by atoms with E-state index in [1.807, 2.05) is 13.8 Å². The maximum atomic E-state index is 11.5. The third-order valence-electron chi connectivity index (χ3n) is 3.44. The van der Waals surface area contributed by atoms with E-state index in [4.69, 9.17) is 5.11 Å². The fraction of sp³-hybridized carbons (Fsp3) is 0.267. The summed E-state index contributed by atoms with van der Waals surface area (Å²) in [5, 5.41) is 23.2. The monoisotopic (exact) mass is 331 g/mol. The van der Waals surface area contributed by atoms with Crippen molar-refractivity contribution in [2.24, 2.45) is 0 Å². The molecule has 0 radical (unpaired) electrons. The van der Waals surface area contributed by atoms with Crippen molar-refractivity contribution in [2.45, 2.75) is 13.8 Å². The number of nitrogens with zero attached hydrogens (tertiary/aromatic N) is 4. The number of carboxylic acids is 1. The van der Waals surface area contributed by atoms with Gasteiger partial charge in [-0.15, -0.1) is 0 Å². The number of hydrogen-bond acceptors (Lipinski definition) is 7. The molecular formula is C15H17N5O4. The van der Waals surface area contributed by atoms with E-state index in [-0.39, 0.29) is 22.9 Å².